The van der Waals surface area contributed by atoms with E-state index in [0.717, 1.165) is 39.8 Å². The van der Waals surface area contributed by atoms with Crippen LogP contribution in [-0.4, -0.2) is 42.4 Å². The highest BCUT2D eigenvalue weighted by molar-refractivity contribution is 7.80. The van der Waals surface area contributed by atoms with Gasteiger partial charge in [0.25, 0.3) is 5.56 Å². The highest BCUT2D eigenvalue weighted by Gasteiger charge is 2.15. The topological polar surface area (TPSA) is 66.6 Å². The molecule has 0 saturated carbocycles. The van der Waals surface area contributed by atoms with E-state index in [2.05, 4.69) is 23.3 Å². The minimum absolute atomic E-state index is 0.0931. The SMILES string of the molecule is COCCCNC(=S)N(Cc1ccc(OC)cc1)Cc1cc2c(C)cc(C)cc2[nH]c1=O. The summed E-state index contributed by atoms with van der Waals surface area (Å²) in [5.74, 6) is 0.803. The number of methoxy groups -OCH3 is 2. The molecular weight excluding hydrogens is 422 g/mol. The molecule has 0 amide bonds. The van der Waals surface area contributed by atoms with Gasteiger partial charge >= 0.3 is 0 Å². The Morgan fingerprint density at radius 2 is 1.84 bits per heavy atom. The number of aromatic amines is 1. The summed E-state index contributed by atoms with van der Waals surface area (Å²) in [6.07, 6.45) is 0.849. The number of ether oxygens (including phenoxy) is 2. The Bertz CT molecular complexity index is 1130. The first-order valence-corrected chi connectivity index (χ1v) is 11.1. The van der Waals surface area contributed by atoms with Crippen LogP contribution >= 0.6 is 12.2 Å². The third-order valence-corrected chi connectivity index (χ3v) is 5.77. The zero-order valence-electron chi connectivity index (χ0n) is 19.2. The van der Waals surface area contributed by atoms with E-state index in [0.29, 0.717) is 36.9 Å². The standard InChI is InChI=1S/C25H31N3O3S/c1-17-12-18(2)22-14-20(24(29)27-23(22)13-17)16-28(25(32)26-10-5-11-30-3)15-19-6-8-21(31-4)9-7-19/h6-9,12-14H,5,10-11,15-16H2,1-4H3,(H,26,32)(H,27,29). The quantitative estimate of drug-likeness (QED) is 0.376. The van der Waals surface area contributed by atoms with Crippen LogP contribution < -0.4 is 15.6 Å². The molecule has 3 rings (SSSR count). The molecule has 0 aliphatic rings. The van der Waals surface area contributed by atoms with Crippen molar-refractivity contribution in [3.05, 3.63) is 75.1 Å². The van der Waals surface area contributed by atoms with Crippen molar-refractivity contribution in [2.75, 3.05) is 27.4 Å². The fourth-order valence-corrected chi connectivity index (χ4v) is 3.94. The number of aromatic nitrogens is 1. The van der Waals surface area contributed by atoms with Crippen LogP contribution in [0, 0.1) is 13.8 Å². The van der Waals surface area contributed by atoms with E-state index in [-0.39, 0.29) is 5.56 Å². The van der Waals surface area contributed by atoms with Crippen LogP contribution in [0.15, 0.2) is 47.3 Å². The van der Waals surface area contributed by atoms with E-state index in [4.69, 9.17) is 21.7 Å². The molecule has 1 heterocycles. The van der Waals surface area contributed by atoms with Crippen LogP contribution in [0.25, 0.3) is 10.9 Å². The van der Waals surface area contributed by atoms with Gasteiger partial charge in [-0.3, -0.25) is 4.79 Å². The number of rotatable bonds is 9. The number of thiocarbonyl (C=S) groups is 1. The fraction of sp³-hybridized carbons (Fsp3) is 0.360. The fourth-order valence-electron chi connectivity index (χ4n) is 3.71. The van der Waals surface area contributed by atoms with Crippen LogP contribution in [0.2, 0.25) is 0 Å². The van der Waals surface area contributed by atoms with E-state index >= 15 is 0 Å². The highest BCUT2D eigenvalue weighted by Crippen LogP contribution is 2.20. The van der Waals surface area contributed by atoms with Crippen molar-refractivity contribution in [1.29, 1.82) is 0 Å². The second kappa shape index (κ2) is 11.1. The summed E-state index contributed by atoms with van der Waals surface area (Å²) in [4.78, 5) is 17.9. The molecule has 6 nitrogen and oxygen atoms in total. The number of pyridine rings is 1. The smallest absolute Gasteiger partial charge is 0.253 e. The monoisotopic (exact) mass is 453 g/mol. The molecule has 0 bridgehead atoms. The number of benzene rings is 2. The van der Waals surface area contributed by atoms with Crippen LogP contribution in [-0.2, 0) is 17.8 Å². The van der Waals surface area contributed by atoms with Crippen LogP contribution in [0.5, 0.6) is 5.75 Å². The van der Waals surface area contributed by atoms with Crippen molar-refractivity contribution in [2.45, 2.75) is 33.4 Å². The Hall–Kier alpha value is -2.90. The average Bonchev–Trinajstić information content (AvgIpc) is 2.77. The van der Waals surface area contributed by atoms with E-state index in [1.807, 2.05) is 48.2 Å². The van der Waals surface area contributed by atoms with Gasteiger partial charge in [-0.1, -0.05) is 18.2 Å². The predicted molar refractivity (Wildman–Crippen MR) is 133 cm³/mol. The molecule has 32 heavy (non-hydrogen) atoms. The average molecular weight is 454 g/mol. The van der Waals surface area contributed by atoms with Gasteiger partial charge in [0.2, 0.25) is 0 Å². The number of aryl methyl sites for hydroxylation is 2. The first-order chi connectivity index (χ1) is 15.4. The van der Waals surface area contributed by atoms with E-state index in [9.17, 15) is 4.79 Å². The second-order valence-corrected chi connectivity index (χ2v) is 8.34. The molecule has 3 aromatic rings. The summed E-state index contributed by atoms with van der Waals surface area (Å²) in [7, 11) is 3.33. The summed E-state index contributed by atoms with van der Waals surface area (Å²) in [5.41, 5.74) is 4.79. The van der Waals surface area contributed by atoms with Gasteiger partial charge in [0, 0.05) is 43.3 Å². The molecule has 2 N–H and O–H groups in total. The number of hydrogen-bond acceptors (Lipinski definition) is 4. The number of hydrogen-bond donors (Lipinski definition) is 2. The van der Waals surface area contributed by atoms with Gasteiger partial charge < -0.3 is 24.7 Å². The number of nitrogens with one attached hydrogen (secondary N) is 2. The van der Waals surface area contributed by atoms with Gasteiger partial charge in [-0.25, -0.2) is 0 Å². The van der Waals surface area contributed by atoms with Gasteiger partial charge in [0.1, 0.15) is 5.75 Å². The highest BCUT2D eigenvalue weighted by atomic mass is 32.1. The lowest BCUT2D eigenvalue weighted by atomic mass is 10.0. The third kappa shape index (κ3) is 6.08. The third-order valence-electron chi connectivity index (χ3n) is 5.37. The molecule has 0 aliphatic carbocycles. The van der Waals surface area contributed by atoms with Gasteiger partial charge in [0.15, 0.2) is 5.11 Å². The van der Waals surface area contributed by atoms with Gasteiger partial charge in [-0.05, 0) is 73.4 Å². The van der Waals surface area contributed by atoms with Crippen LogP contribution in [0.3, 0.4) is 0 Å². The summed E-state index contributed by atoms with van der Waals surface area (Å²) in [6, 6.07) is 14.0. The lowest BCUT2D eigenvalue weighted by molar-refractivity contribution is 0.195. The van der Waals surface area contributed by atoms with E-state index in [1.165, 1.54) is 0 Å². The van der Waals surface area contributed by atoms with Crippen molar-refractivity contribution in [3.8, 4) is 5.75 Å². The van der Waals surface area contributed by atoms with Crippen molar-refractivity contribution in [2.24, 2.45) is 0 Å². The Kier molecular flexibility index (Phi) is 8.25. The number of H-pyrrole nitrogens is 1. The number of nitrogens with zero attached hydrogens (tertiary/aromatic N) is 1. The maximum absolute atomic E-state index is 12.9. The normalized spacial score (nSPS) is 10.9. The molecular formula is C25H31N3O3S. The first-order valence-electron chi connectivity index (χ1n) is 10.7. The maximum Gasteiger partial charge on any atom is 0.253 e. The van der Waals surface area contributed by atoms with Crippen LogP contribution in [0.4, 0.5) is 0 Å². The molecule has 0 fully saturated rings. The molecule has 0 spiro atoms. The minimum Gasteiger partial charge on any atom is -0.497 e. The maximum atomic E-state index is 12.9. The largest absolute Gasteiger partial charge is 0.497 e. The summed E-state index contributed by atoms with van der Waals surface area (Å²) < 4.78 is 10.4. The van der Waals surface area contributed by atoms with Gasteiger partial charge in [-0.15, -0.1) is 0 Å². The van der Waals surface area contributed by atoms with E-state index in [1.54, 1.807) is 14.2 Å². The van der Waals surface area contributed by atoms with Crippen molar-refractivity contribution in [3.63, 3.8) is 0 Å². The molecule has 2 aromatic carbocycles. The summed E-state index contributed by atoms with van der Waals surface area (Å²) >= 11 is 5.69. The Morgan fingerprint density at radius 3 is 2.53 bits per heavy atom. The minimum atomic E-state index is -0.0931. The summed E-state index contributed by atoms with van der Waals surface area (Å²) in [5, 5.41) is 4.95. The Balaban J connectivity index is 1.87. The van der Waals surface area contributed by atoms with Crippen molar-refractivity contribution in [1.82, 2.24) is 15.2 Å². The molecule has 0 radical (unpaired) electrons. The molecule has 1 aromatic heterocycles. The van der Waals surface area contributed by atoms with E-state index < -0.39 is 0 Å². The molecule has 0 saturated heterocycles. The van der Waals surface area contributed by atoms with Crippen molar-refractivity contribution >= 4 is 28.2 Å². The summed E-state index contributed by atoms with van der Waals surface area (Å²) in [6.45, 7) is 6.44. The number of fused-ring (bicyclic) bond motifs is 1. The zero-order valence-corrected chi connectivity index (χ0v) is 20.0. The molecule has 0 aliphatic heterocycles. The molecule has 170 valence electrons. The molecule has 7 heteroatoms. The Morgan fingerprint density at radius 1 is 1.09 bits per heavy atom. The van der Waals surface area contributed by atoms with Gasteiger partial charge in [0.05, 0.1) is 13.7 Å². The second-order valence-electron chi connectivity index (χ2n) is 7.95. The molecule has 0 atom stereocenters. The lowest BCUT2D eigenvalue weighted by Gasteiger charge is -2.26. The van der Waals surface area contributed by atoms with Gasteiger partial charge in [-0.2, -0.15) is 0 Å². The van der Waals surface area contributed by atoms with Crippen LogP contribution in [0.1, 0.15) is 28.7 Å². The first kappa shape index (κ1) is 23.8. The van der Waals surface area contributed by atoms with Crippen molar-refractivity contribution < 1.29 is 9.47 Å². The molecule has 0 unspecified atom stereocenters. The Labute approximate surface area is 194 Å². The zero-order chi connectivity index (χ0) is 23.1. The lowest BCUT2D eigenvalue weighted by Crippen LogP contribution is -2.40. The predicted octanol–water partition coefficient (Wildman–Crippen LogP) is 4.07.